The van der Waals surface area contributed by atoms with E-state index in [1.807, 2.05) is 51.1 Å². The van der Waals surface area contributed by atoms with Gasteiger partial charge in [0.1, 0.15) is 18.9 Å². The van der Waals surface area contributed by atoms with Crippen LogP contribution in [0.2, 0.25) is 0 Å². The lowest BCUT2D eigenvalue weighted by atomic mass is 9.95. The number of hydrogen-bond donors (Lipinski definition) is 1. The number of rotatable bonds is 7. The van der Waals surface area contributed by atoms with Gasteiger partial charge in [-0.3, -0.25) is 4.79 Å². The lowest BCUT2D eigenvalue weighted by molar-refractivity contribution is -0.139. The molecule has 2 heterocycles. The van der Waals surface area contributed by atoms with E-state index in [0.29, 0.717) is 29.7 Å². The minimum Gasteiger partial charge on any atom is -0.463 e. The lowest BCUT2D eigenvalue weighted by Crippen LogP contribution is -2.43. The van der Waals surface area contributed by atoms with Crippen LogP contribution >= 0.6 is 0 Å². The van der Waals surface area contributed by atoms with Crippen LogP contribution in [0.15, 0.2) is 47.9 Å². The molecule has 8 nitrogen and oxygen atoms in total. The fourth-order valence-corrected chi connectivity index (χ4v) is 3.35. The molecule has 29 heavy (non-hydrogen) atoms. The van der Waals surface area contributed by atoms with Gasteiger partial charge in [0.25, 0.3) is 0 Å². The number of carbonyl (C=O) groups is 2. The number of esters is 1. The van der Waals surface area contributed by atoms with Crippen LogP contribution in [0.25, 0.3) is 0 Å². The predicted octanol–water partition coefficient (Wildman–Crippen LogP) is 2.30. The highest BCUT2D eigenvalue weighted by Gasteiger charge is 2.38. The molecule has 0 fully saturated rings. The number of amides is 1. The van der Waals surface area contributed by atoms with Gasteiger partial charge in [0.2, 0.25) is 11.9 Å². The van der Waals surface area contributed by atoms with Gasteiger partial charge in [-0.25, -0.2) is 9.48 Å². The Bertz CT molecular complexity index is 904. The molecule has 3 rings (SSSR count). The number of anilines is 1. The fraction of sp³-hybridized carbons (Fsp3) is 0.429. The molecule has 1 N–H and O–H groups in total. The first kappa shape index (κ1) is 20.6. The molecule has 1 unspecified atom stereocenters. The highest BCUT2D eigenvalue weighted by atomic mass is 16.5. The molecule has 0 saturated carbocycles. The zero-order valence-electron chi connectivity index (χ0n) is 17.3. The smallest absolute Gasteiger partial charge is 0.338 e. The molecule has 8 heteroatoms. The van der Waals surface area contributed by atoms with Crippen LogP contribution in [0, 0.1) is 5.92 Å². The van der Waals surface area contributed by atoms with E-state index in [4.69, 9.17) is 4.74 Å². The van der Waals surface area contributed by atoms with Crippen molar-refractivity contribution < 1.29 is 14.3 Å². The second-order valence-corrected chi connectivity index (χ2v) is 7.32. The Morgan fingerprint density at radius 2 is 1.97 bits per heavy atom. The SMILES string of the molecule is CCOC(=O)C1=C(C)N(CC(=O)NCC(C)C)c2ncnn2C1c1ccccc1. The summed E-state index contributed by atoms with van der Waals surface area (Å²) in [7, 11) is 0. The topological polar surface area (TPSA) is 89.3 Å². The van der Waals surface area contributed by atoms with Crippen LogP contribution in [0.3, 0.4) is 0 Å². The molecule has 0 bridgehead atoms. The van der Waals surface area contributed by atoms with E-state index >= 15 is 0 Å². The molecule has 1 aliphatic rings. The van der Waals surface area contributed by atoms with Crippen LogP contribution in [0.5, 0.6) is 0 Å². The van der Waals surface area contributed by atoms with Gasteiger partial charge in [0.15, 0.2) is 0 Å². The van der Waals surface area contributed by atoms with Crippen molar-refractivity contribution in [3.05, 3.63) is 53.5 Å². The first-order valence-electron chi connectivity index (χ1n) is 9.80. The second kappa shape index (κ2) is 8.89. The minimum absolute atomic E-state index is 0.0433. The van der Waals surface area contributed by atoms with Crippen LogP contribution in [-0.2, 0) is 14.3 Å². The molecule has 1 atom stereocenters. The lowest BCUT2D eigenvalue weighted by Gasteiger charge is -2.35. The molecule has 0 aliphatic carbocycles. The zero-order valence-corrected chi connectivity index (χ0v) is 17.3. The monoisotopic (exact) mass is 397 g/mol. The minimum atomic E-state index is -0.470. The van der Waals surface area contributed by atoms with E-state index in [-0.39, 0.29) is 19.1 Å². The number of hydrogen-bond acceptors (Lipinski definition) is 6. The third-order valence-electron chi connectivity index (χ3n) is 4.73. The molecule has 1 amide bonds. The number of aromatic nitrogens is 3. The van der Waals surface area contributed by atoms with Crippen LogP contribution in [0.1, 0.15) is 39.3 Å². The molecule has 0 spiro atoms. The van der Waals surface area contributed by atoms with Gasteiger partial charge in [-0.1, -0.05) is 44.2 Å². The Hall–Kier alpha value is -3.16. The van der Waals surface area contributed by atoms with E-state index in [1.54, 1.807) is 16.5 Å². The number of ether oxygens (including phenoxy) is 1. The van der Waals surface area contributed by atoms with E-state index in [9.17, 15) is 9.59 Å². The molecule has 2 aromatic rings. The number of benzene rings is 1. The van der Waals surface area contributed by atoms with E-state index in [0.717, 1.165) is 5.56 Å². The quantitative estimate of drug-likeness (QED) is 0.721. The Morgan fingerprint density at radius 3 is 2.62 bits per heavy atom. The Balaban J connectivity index is 2.04. The third kappa shape index (κ3) is 4.31. The summed E-state index contributed by atoms with van der Waals surface area (Å²) in [6, 6.07) is 9.15. The summed E-state index contributed by atoms with van der Waals surface area (Å²) in [5.74, 6) is 0.295. The third-order valence-corrected chi connectivity index (χ3v) is 4.73. The zero-order chi connectivity index (χ0) is 21.0. The number of allylic oxidation sites excluding steroid dienone is 1. The van der Waals surface area contributed by atoms with E-state index < -0.39 is 12.0 Å². The van der Waals surface area contributed by atoms with Crippen molar-refractivity contribution in [3.63, 3.8) is 0 Å². The summed E-state index contributed by atoms with van der Waals surface area (Å²) in [4.78, 5) is 31.5. The van der Waals surface area contributed by atoms with Crippen LogP contribution in [-0.4, -0.2) is 46.3 Å². The Morgan fingerprint density at radius 1 is 1.24 bits per heavy atom. The fourth-order valence-electron chi connectivity index (χ4n) is 3.35. The average Bonchev–Trinajstić information content (AvgIpc) is 3.18. The molecular weight excluding hydrogens is 370 g/mol. The first-order chi connectivity index (χ1) is 13.9. The molecule has 1 aliphatic heterocycles. The first-order valence-corrected chi connectivity index (χ1v) is 9.80. The predicted molar refractivity (Wildman–Crippen MR) is 109 cm³/mol. The van der Waals surface area contributed by atoms with Crippen molar-refractivity contribution >= 4 is 17.8 Å². The van der Waals surface area contributed by atoms with Gasteiger partial charge >= 0.3 is 5.97 Å². The summed E-state index contributed by atoms with van der Waals surface area (Å²) in [6.45, 7) is 8.54. The Labute approximate surface area is 170 Å². The summed E-state index contributed by atoms with van der Waals surface area (Å²) in [5, 5.41) is 7.27. The van der Waals surface area contributed by atoms with Crippen molar-refractivity contribution in [1.29, 1.82) is 0 Å². The summed E-state index contributed by atoms with van der Waals surface area (Å²) in [6.07, 6.45) is 1.44. The van der Waals surface area contributed by atoms with Gasteiger partial charge in [-0.15, -0.1) is 0 Å². The largest absolute Gasteiger partial charge is 0.463 e. The summed E-state index contributed by atoms with van der Waals surface area (Å²) < 4.78 is 7.01. The molecular formula is C21H27N5O3. The number of nitrogens with zero attached hydrogens (tertiary/aromatic N) is 4. The number of fused-ring (bicyclic) bond motifs is 1. The standard InChI is InChI=1S/C21H27N5O3/c1-5-29-20(28)18-15(4)25(12-17(27)22-11-14(2)3)21-23-13-24-26(21)19(18)16-9-7-6-8-10-16/h6-10,13-14,19H,5,11-12H2,1-4H3,(H,22,27). The molecule has 0 radical (unpaired) electrons. The second-order valence-electron chi connectivity index (χ2n) is 7.32. The summed E-state index contributed by atoms with van der Waals surface area (Å²) in [5.41, 5.74) is 1.98. The van der Waals surface area contributed by atoms with Gasteiger partial charge in [0.05, 0.1) is 12.2 Å². The highest BCUT2D eigenvalue weighted by molar-refractivity contribution is 5.93. The maximum absolute atomic E-state index is 12.9. The van der Waals surface area contributed by atoms with Gasteiger partial charge in [-0.2, -0.15) is 10.1 Å². The molecule has 1 aromatic carbocycles. The van der Waals surface area contributed by atoms with Crippen molar-refractivity contribution in [2.75, 3.05) is 24.6 Å². The molecule has 154 valence electrons. The van der Waals surface area contributed by atoms with Gasteiger partial charge in [-0.05, 0) is 25.3 Å². The van der Waals surface area contributed by atoms with Crippen molar-refractivity contribution in [1.82, 2.24) is 20.1 Å². The van der Waals surface area contributed by atoms with Crippen molar-refractivity contribution in [3.8, 4) is 0 Å². The number of carbonyl (C=O) groups excluding carboxylic acids is 2. The summed E-state index contributed by atoms with van der Waals surface area (Å²) >= 11 is 0. The molecule has 1 aromatic heterocycles. The van der Waals surface area contributed by atoms with Crippen molar-refractivity contribution in [2.24, 2.45) is 5.92 Å². The maximum atomic E-state index is 12.9. The van der Waals surface area contributed by atoms with Crippen molar-refractivity contribution in [2.45, 2.75) is 33.7 Å². The normalized spacial score (nSPS) is 16.0. The molecule has 0 saturated heterocycles. The van der Waals surface area contributed by atoms with Crippen LogP contribution < -0.4 is 10.2 Å². The van der Waals surface area contributed by atoms with Gasteiger partial charge in [0, 0.05) is 12.2 Å². The maximum Gasteiger partial charge on any atom is 0.338 e. The van der Waals surface area contributed by atoms with E-state index in [2.05, 4.69) is 15.4 Å². The average molecular weight is 397 g/mol. The van der Waals surface area contributed by atoms with E-state index in [1.165, 1.54) is 6.33 Å². The van der Waals surface area contributed by atoms with Gasteiger partial charge < -0.3 is 15.0 Å². The highest BCUT2D eigenvalue weighted by Crippen LogP contribution is 2.38. The Kier molecular flexibility index (Phi) is 6.31. The number of nitrogens with one attached hydrogen (secondary N) is 1. The van der Waals surface area contributed by atoms with Crippen LogP contribution in [0.4, 0.5) is 5.95 Å².